The van der Waals surface area contributed by atoms with Crippen molar-refractivity contribution in [2.24, 2.45) is 4.99 Å². The first-order chi connectivity index (χ1) is 13.5. The van der Waals surface area contributed by atoms with Crippen molar-refractivity contribution in [2.75, 3.05) is 26.2 Å². The molecule has 0 heterocycles. The molecular weight excluding hydrogens is 477 g/mol. The first-order valence-corrected chi connectivity index (χ1v) is 9.88. The predicted octanol–water partition coefficient (Wildman–Crippen LogP) is 3.72. The topological polar surface area (TPSA) is 65.9 Å². The second-order valence-corrected chi connectivity index (χ2v) is 7.48. The molecule has 0 spiro atoms. The maximum absolute atomic E-state index is 10.2. The number of rotatable bonds is 10. The third-order valence-electron chi connectivity index (χ3n) is 4.46. The van der Waals surface area contributed by atoms with Gasteiger partial charge in [-0.15, -0.1) is 24.0 Å². The number of aliphatic hydroxyl groups excluding tert-OH is 1. The molecule has 0 aromatic heterocycles. The Morgan fingerprint density at radius 2 is 1.66 bits per heavy atom. The van der Waals surface area contributed by atoms with Crippen molar-refractivity contribution in [3.8, 4) is 0 Å². The highest BCUT2D eigenvalue weighted by Gasteiger charge is 2.20. The van der Waals surface area contributed by atoms with Crippen molar-refractivity contribution in [2.45, 2.75) is 38.9 Å². The lowest BCUT2D eigenvalue weighted by Gasteiger charge is -2.24. The third-order valence-corrected chi connectivity index (χ3v) is 4.46. The Kier molecular flexibility index (Phi) is 11.9. The number of hydrogen-bond donors (Lipinski definition) is 3. The maximum Gasteiger partial charge on any atom is 0.191 e. The van der Waals surface area contributed by atoms with Gasteiger partial charge in [-0.05, 0) is 18.1 Å². The molecule has 5 nitrogen and oxygen atoms in total. The minimum absolute atomic E-state index is 0. The highest BCUT2D eigenvalue weighted by molar-refractivity contribution is 14.0. The van der Waals surface area contributed by atoms with Gasteiger partial charge in [0, 0.05) is 18.5 Å². The van der Waals surface area contributed by atoms with Crippen LogP contribution in [0.25, 0.3) is 0 Å². The van der Waals surface area contributed by atoms with Crippen molar-refractivity contribution in [1.82, 2.24) is 10.6 Å². The zero-order valence-electron chi connectivity index (χ0n) is 17.6. The number of benzene rings is 2. The van der Waals surface area contributed by atoms with Crippen LogP contribution < -0.4 is 10.6 Å². The van der Waals surface area contributed by atoms with E-state index < -0.39 is 6.10 Å². The summed E-state index contributed by atoms with van der Waals surface area (Å²) in [7, 11) is 0. The van der Waals surface area contributed by atoms with E-state index in [1.165, 1.54) is 5.56 Å². The predicted molar refractivity (Wildman–Crippen MR) is 131 cm³/mol. The molecule has 2 aromatic rings. The summed E-state index contributed by atoms with van der Waals surface area (Å²) in [6.07, 6.45) is -0.602. The summed E-state index contributed by atoms with van der Waals surface area (Å²) in [5, 5.41) is 16.6. The van der Waals surface area contributed by atoms with Crippen LogP contribution in [0, 0.1) is 0 Å². The van der Waals surface area contributed by atoms with E-state index in [4.69, 9.17) is 9.73 Å². The van der Waals surface area contributed by atoms with Gasteiger partial charge in [-0.3, -0.25) is 4.99 Å². The van der Waals surface area contributed by atoms with Gasteiger partial charge in [-0.2, -0.15) is 0 Å². The Morgan fingerprint density at radius 1 is 1.03 bits per heavy atom. The molecule has 160 valence electrons. The fourth-order valence-corrected chi connectivity index (χ4v) is 2.76. The van der Waals surface area contributed by atoms with E-state index in [1.807, 2.05) is 43.3 Å². The standard InChI is InChI=1S/C23H33N3O2.HI/c1-4-24-22(26-18-23(2,3)20-13-9-6-10-14-20)25-15-21(27)17-28-16-19-11-7-5-8-12-19;/h5-14,21,27H,4,15-18H2,1-3H3,(H2,24,25,26);1H. The lowest BCUT2D eigenvalue weighted by atomic mass is 9.85. The monoisotopic (exact) mass is 511 g/mol. The Balaban J connectivity index is 0.00000420. The van der Waals surface area contributed by atoms with Crippen molar-refractivity contribution < 1.29 is 9.84 Å². The summed E-state index contributed by atoms with van der Waals surface area (Å²) in [5.41, 5.74) is 2.28. The van der Waals surface area contributed by atoms with E-state index in [0.717, 1.165) is 12.1 Å². The quantitative estimate of drug-likeness (QED) is 0.259. The average molecular weight is 511 g/mol. The molecule has 1 unspecified atom stereocenters. The van der Waals surface area contributed by atoms with Gasteiger partial charge in [0.05, 0.1) is 25.9 Å². The van der Waals surface area contributed by atoms with Crippen LogP contribution in [0.4, 0.5) is 0 Å². The fourth-order valence-electron chi connectivity index (χ4n) is 2.76. The Labute approximate surface area is 192 Å². The zero-order chi connectivity index (χ0) is 20.2. The van der Waals surface area contributed by atoms with Crippen molar-refractivity contribution >= 4 is 29.9 Å². The molecule has 0 bridgehead atoms. The average Bonchev–Trinajstić information content (AvgIpc) is 2.71. The van der Waals surface area contributed by atoms with Crippen LogP contribution in [-0.2, 0) is 16.8 Å². The van der Waals surface area contributed by atoms with E-state index in [9.17, 15) is 5.11 Å². The highest BCUT2D eigenvalue weighted by atomic mass is 127. The normalized spacial score (nSPS) is 12.8. The molecule has 0 aliphatic carbocycles. The summed E-state index contributed by atoms with van der Waals surface area (Å²) in [6, 6.07) is 20.3. The third kappa shape index (κ3) is 9.60. The van der Waals surface area contributed by atoms with Gasteiger partial charge < -0.3 is 20.5 Å². The molecule has 3 N–H and O–H groups in total. The summed E-state index contributed by atoms with van der Waals surface area (Å²) in [4.78, 5) is 4.70. The summed E-state index contributed by atoms with van der Waals surface area (Å²) >= 11 is 0. The van der Waals surface area contributed by atoms with E-state index >= 15 is 0 Å². The van der Waals surface area contributed by atoms with Gasteiger partial charge in [0.15, 0.2) is 5.96 Å². The summed E-state index contributed by atoms with van der Waals surface area (Å²) in [5.74, 6) is 0.702. The van der Waals surface area contributed by atoms with E-state index in [-0.39, 0.29) is 36.0 Å². The number of hydrogen-bond acceptors (Lipinski definition) is 3. The Bertz CT molecular complexity index is 709. The molecule has 29 heavy (non-hydrogen) atoms. The van der Waals surface area contributed by atoms with Crippen LogP contribution in [0.1, 0.15) is 31.9 Å². The number of aliphatic hydroxyl groups is 1. The van der Waals surface area contributed by atoms with Crippen LogP contribution in [0.15, 0.2) is 65.7 Å². The first kappa shape index (κ1) is 25.4. The molecule has 6 heteroatoms. The van der Waals surface area contributed by atoms with Crippen molar-refractivity contribution in [1.29, 1.82) is 0 Å². The molecule has 0 saturated carbocycles. The summed E-state index contributed by atoms with van der Waals surface area (Å²) in [6.45, 7) is 8.95. The minimum atomic E-state index is -0.602. The second-order valence-electron chi connectivity index (χ2n) is 7.48. The smallest absolute Gasteiger partial charge is 0.191 e. The minimum Gasteiger partial charge on any atom is -0.389 e. The molecule has 0 amide bonds. The molecule has 1 atom stereocenters. The molecule has 2 aromatic carbocycles. The van der Waals surface area contributed by atoms with E-state index in [2.05, 4.69) is 48.7 Å². The van der Waals surface area contributed by atoms with Crippen LogP contribution in [0.3, 0.4) is 0 Å². The molecule has 0 aliphatic heterocycles. The molecule has 0 radical (unpaired) electrons. The molecule has 0 aliphatic rings. The van der Waals surface area contributed by atoms with E-state index in [1.54, 1.807) is 0 Å². The van der Waals surface area contributed by atoms with E-state index in [0.29, 0.717) is 25.7 Å². The lowest BCUT2D eigenvalue weighted by molar-refractivity contribution is 0.0308. The first-order valence-electron chi connectivity index (χ1n) is 9.88. The zero-order valence-corrected chi connectivity index (χ0v) is 19.9. The number of nitrogens with one attached hydrogen (secondary N) is 2. The van der Waals surface area contributed by atoms with Gasteiger partial charge in [0.2, 0.25) is 0 Å². The van der Waals surface area contributed by atoms with Crippen molar-refractivity contribution in [3.05, 3.63) is 71.8 Å². The van der Waals surface area contributed by atoms with Gasteiger partial charge in [0.1, 0.15) is 0 Å². The van der Waals surface area contributed by atoms with Crippen LogP contribution >= 0.6 is 24.0 Å². The number of ether oxygens (including phenoxy) is 1. The van der Waals surface area contributed by atoms with Crippen molar-refractivity contribution in [3.63, 3.8) is 0 Å². The summed E-state index contributed by atoms with van der Waals surface area (Å²) < 4.78 is 5.60. The second kappa shape index (κ2) is 13.6. The molecule has 0 saturated heterocycles. The largest absolute Gasteiger partial charge is 0.389 e. The van der Waals surface area contributed by atoms with Crippen LogP contribution in [0.2, 0.25) is 0 Å². The highest BCUT2D eigenvalue weighted by Crippen LogP contribution is 2.22. The molecule has 2 rings (SSSR count). The number of aliphatic imine (C=N–C) groups is 1. The fraction of sp³-hybridized carbons (Fsp3) is 0.435. The number of nitrogens with zero attached hydrogens (tertiary/aromatic N) is 1. The van der Waals surface area contributed by atoms with Gasteiger partial charge in [-0.25, -0.2) is 0 Å². The Hall–Kier alpha value is -1.64. The number of guanidine groups is 1. The lowest BCUT2D eigenvalue weighted by Crippen LogP contribution is -2.43. The van der Waals surface area contributed by atoms with Crippen LogP contribution in [0.5, 0.6) is 0 Å². The van der Waals surface area contributed by atoms with Gasteiger partial charge in [0.25, 0.3) is 0 Å². The van der Waals surface area contributed by atoms with Gasteiger partial charge >= 0.3 is 0 Å². The Morgan fingerprint density at radius 3 is 2.28 bits per heavy atom. The molecule has 0 fully saturated rings. The molecular formula is C23H34IN3O2. The van der Waals surface area contributed by atoms with Crippen LogP contribution in [-0.4, -0.2) is 43.4 Å². The SMILES string of the molecule is CCNC(=NCC(C)(C)c1ccccc1)NCC(O)COCc1ccccc1.I. The number of halogens is 1. The van der Waals surface area contributed by atoms with Gasteiger partial charge in [-0.1, -0.05) is 74.5 Å². The maximum atomic E-state index is 10.2.